The number of benzene rings is 1. The highest BCUT2D eigenvalue weighted by Crippen LogP contribution is 2.44. The van der Waals surface area contributed by atoms with E-state index in [0.29, 0.717) is 0 Å². The van der Waals surface area contributed by atoms with Crippen molar-refractivity contribution in [2.24, 2.45) is 0 Å². The predicted octanol–water partition coefficient (Wildman–Crippen LogP) is 6.27. The minimum absolute atomic E-state index is 0.249. The van der Waals surface area contributed by atoms with Crippen LogP contribution in [0.5, 0.6) is 11.5 Å². The van der Waals surface area contributed by atoms with E-state index in [0.717, 1.165) is 47.5 Å². The van der Waals surface area contributed by atoms with E-state index in [2.05, 4.69) is 32.9 Å². The Labute approximate surface area is 189 Å². The Bertz CT molecular complexity index is 873. The van der Waals surface area contributed by atoms with Crippen LogP contribution in [-0.4, -0.2) is 30.9 Å². The van der Waals surface area contributed by atoms with Gasteiger partial charge in [-0.15, -0.1) is 0 Å². The summed E-state index contributed by atoms with van der Waals surface area (Å²) >= 11 is 0. The lowest BCUT2D eigenvalue weighted by Gasteiger charge is -2.36. The molecule has 0 bridgehead atoms. The Morgan fingerprint density at radius 3 is 2.45 bits per heavy atom. The van der Waals surface area contributed by atoms with Crippen molar-refractivity contribution in [1.29, 1.82) is 0 Å². The number of ether oxygens (including phenoxy) is 2. The first-order valence-corrected chi connectivity index (χ1v) is 13.3. The average molecular weight is 453 g/mol. The maximum Gasteiger partial charge on any atom is 0.264 e. The van der Waals surface area contributed by atoms with Crippen LogP contribution in [0.1, 0.15) is 87.5 Å². The molecule has 0 saturated heterocycles. The van der Waals surface area contributed by atoms with Crippen LogP contribution < -0.4 is 9.47 Å². The van der Waals surface area contributed by atoms with Gasteiger partial charge in [-0.2, -0.15) is 8.42 Å². The maximum atomic E-state index is 10.9. The molecule has 0 saturated carbocycles. The fraction of sp³-hybridized carbons (Fsp3) is 0.680. The Balaban J connectivity index is 2.05. The first-order valence-electron chi connectivity index (χ1n) is 11.7. The smallest absolute Gasteiger partial charge is 0.264 e. The number of hydrogen-bond acceptors (Lipinski definition) is 4. The van der Waals surface area contributed by atoms with Gasteiger partial charge in [-0.25, -0.2) is 0 Å². The minimum atomic E-state index is -3.96. The van der Waals surface area contributed by atoms with E-state index in [1.165, 1.54) is 37.7 Å². The molecule has 0 radical (unpaired) electrons. The highest BCUT2D eigenvalue weighted by atomic mass is 32.2. The average Bonchev–Trinajstić information content (AvgIpc) is 2.70. The minimum Gasteiger partial charge on any atom is -0.493 e. The molecule has 31 heavy (non-hydrogen) atoms. The zero-order valence-corrected chi connectivity index (χ0v) is 20.7. The summed E-state index contributed by atoms with van der Waals surface area (Å²) in [6.07, 6.45) is 14.2. The van der Waals surface area contributed by atoms with Crippen LogP contribution in [0.3, 0.4) is 0 Å². The van der Waals surface area contributed by atoms with Gasteiger partial charge in [-0.3, -0.25) is 4.55 Å². The van der Waals surface area contributed by atoms with Crippen molar-refractivity contribution < 1.29 is 22.4 Å². The molecule has 0 aliphatic carbocycles. The summed E-state index contributed by atoms with van der Waals surface area (Å²) in [5, 5.41) is 0. The fourth-order valence-electron chi connectivity index (χ4n) is 4.20. The van der Waals surface area contributed by atoms with Gasteiger partial charge in [0, 0.05) is 5.56 Å². The third-order valence-corrected chi connectivity index (χ3v) is 7.06. The zero-order valence-electron chi connectivity index (χ0n) is 19.9. The lowest BCUT2D eigenvalue weighted by Crippen LogP contribution is -2.35. The molecule has 0 spiro atoms. The normalized spacial score (nSPS) is 18.8. The molecule has 1 aromatic rings. The van der Waals surface area contributed by atoms with Gasteiger partial charge in [0.25, 0.3) is 10.1 Å². The van der Waals surface area contributed by atoms with Crippen LogP contribution in [0.25, 0.3) is 0 Å². The lowest BCUT2D eigenvalue weighted by molar-refractivity contribution is 0.112. The molecule has 5 nitrogen and oxygen atoms in total. The molecule has 1 aromatic carbocycles. The lowest BCUT2D eigenvalue weighted by atomic mass is 9.86. The van der Waals surface area contributed by atoms with Crippen LogP contribution in [0.4, 0.5) is 0 Å². The van der Waals surface area contributed by atoms with Crippen LogP contribution in [0.2, 0.25) is 0 Å². The van der Waals surface area contributed by atoms with E-state index in [9.17, 15) is 8.42 Å². The molecule has 1 atom stereocenters. The van der Waals surface area contributed by atoms with Gasteiger partial charge < -0.3 is 9.47 Å². The first kappa shape index (κ1) is 25.7. The van der Waals surface area contributed by atoms with Crippen molar-refractivity contribution in [3.63, 3.8) is 0 Å². The van der Waals surface area contributed by atoms with Crippen LogP contribution in [0, 0.1) is 20.8 Å². The SMILES string of the molecule is CCCCCCC/C=C/C1(C)CCc2c(C)c(OCCCS(=O)(=O)O)c(C)c(C)c2O1. The summed E-state index contributed by atoms with van der Waals surface area (Å²) in [4.78, 5) is 0. The Morgan fingerprint density at radius 2 is 1.77 bits per heavy atom. The van der Waals surface area contributed by atoms with Gasteiger partial charge in [0.1, 0.15) is 17.1 Å². The van der Waals surface area contributed by atoms with Crippen molar-refractivity contribution in [2.45, 2.75) is 98.0 Å². The Kier molecular flexibility index (Phi) is 9.44. The van der Waals surface area contributed by atoms with E-state index in [1.807, 2.05) is 13.8 Å². The highest BCUT2D eigenvalue weighted by molar-refractivity contribution is 7.85. The van der Waals surface area contributed by atoms with Gasteiger partial charge in [0.05, 0.1) is 12.4 Å². The number of hydrogen-bond donors (Lipinski definition) is 1. The first-order chi connectivity index (χ1) is 14.6. The Hall–Kier alpha value is -1.53. The summed E-state index contributed by atoms with van der Waals surface area (Å²) in [6.45, 7) is 10.8. The molecule has 1 aliphatic heterocycles. The van der Waals surface area contributed by atoms with Gasteiger partial charge in [0.2, 0.25) is 0 Å². The molecule has 0 amide bonds. The summed E-state index contributed by atoms with van der Waals surface area (Å²) in [7, 11) is -3.96. The molecular formula is C25H40O5S. The monoisotopic (exact) mass is 452 g/mol. The molecule has 0 fully saturated rings. The van der Waals surface area contributed by atoms with E-state index >= 15 is 0 Å². The van der Waals surface area contributed by atoms with Crippen LogP contribution >= 0.6 is 0 Å². The zero-order chi connectivity index (χ0) is 23.1. The summed E-state index contributed by atoms with van der Waals surface area (Å²) in [5.74, 6) is 1.48. The highest BCUT2D eigenvalue weighted by Gasteiger charge is 2.32. The number of unbranched alkanes of at least 4 members (excludes halogenated alkanes) is 5. The predicted molar refractivity (Wildman–Crippen MR) is 127 cm³/mol. The van der Waals surface area contributed by atoms with Crippen molar-refractivity contribution >= 4 is 10.1 Å². The van der Waals surface area contributed by atoms with E-state index in [-0.39, 0.29) is 24.4 Å². The number of allylic oxidation sites excluding steroid dienone is 1. The number of rotatable bonds is 12. The van der Waals surface area contributed by atoms with Crippen molar-refractivity contribution in [3.05, 3.63) is 34.4 Å². The van der Waals surface area contributed by atoms with Gasteiger partial charge in [-0.1, -0.05) is 38.7 Å². The topological polar surface area (TPSA) is 72.8 Å². The molecule has 1 aliphatic rings. The van der Waals surface area contributed by atoms with E-state index in [1.54, 1.807) is 0 Å². The van der Waals surface area contributed by atoms with Gasteiger partial charge in [0.15, 0.2) is 0 Å². The van der Waals surface area contributed by atoms with Gasteiger partial charge >= 0.3 is 0 Å². The summed E-state index contributed by atoms with van der Waals surface area (Å²) in [6, 6.07) is 0. The van der Waals surface area contributed by atoms with Crippen molar-refractivity contribution in [2.75, 3.05) is 12.4 Å². The third kappa shape index (κ3) is 7.53. The maximum absolute atomic E-state index is 10.9. The molecule has 6 heteroatoms. The van der Waals surface area contributed by atoms with Crippen LogP contribution in [-0.2, 0) is 16.5 Å². The summed E-state index contributed by atoms with van der Waals surface area (Å²) in [5.41, 5.74) is 4.04. The van der Waals surface area contributed by atoms with E-state index < -0.39 is 10.1 Å². The molecule has 1 N–H and O–H groups in total. The largest absolute Gasteiger partial charge is 0.493 e. The molecule has 1 heterocycles. The van der Waals surface area contributed by atoms with Crippen molar-refractivity contribution in [1.82, 2.24) is 0 Å². The standard InChI is InChI=1S/C25H40O5S/c1-6-7-8-9-10-11-12-15-25(5)16-14-22-21(4)23(19(2)20(3)24(22)30-25)29-17-13-18-31(26,27)28/h12,15H,6-11,13-14,16-18H2,1-5H3,(H,26,27,28)/b15-12+. The molecule has 2 rings (SSSR count). The second kappa shape index (κ2) is 11.4. The second-order valence-electron chi connectivity index (χ2n) is 9.02. The van der Waals surface area contributed by atoms with Gasteiger partial charge in [-0.05, 0) is 82.6 Å². The second-order valence-corrected chi connectivity index (χ2v) is 10.6. The summed E-state index contributed by atoms with van der Waals surface area (Å²) < 4.78 is 43.2. The Morgan fingerprint density at radius 1 is 1.06 bits per heavy atom. The third-order valence-electron chi connectivity index (χ3n) is 6.26. The van der Waals surface area contributed by atoms with Crippen LogP contribution in [0.15, 0.2) is 12.2 Å². The van der Waals surface area contributed by atoms with E-state index in [4.69, 9.17) is 14.0 Å². The molecule has 0 aromatic heterocycles. The molecule has 1 unspecified atom stereocenters. The fourth-order valence-corrected chi connectivity index (χ4v) is 4.68. The quantitative estimate of drug-likeness (QED) is 0.230. The molecular weight excluding hydrogens is 412 g/mol. The van der Waals surface area contributed by atoms with Crippen molar-refractivity contribution in [3.8, 4) is 11.5 Å². The number of fused-ring (bicyclic) bond motifs is 1. The molecule has 176 valence electrons.